The lowest BCUT2D eigenvalue weighted by Gasteiger charge is -2.21. The van der Waals surface area contributed by atoms with E-state index in [4.69, 9.17) is 4.74 Å². The molecule has 0 aliphatic heterocycles. The van der Waals surface area contributed by atoms with Crippen molar-refractivity contribution in [2.75, 3.05) is 5.32 Å². The van der Waals surface area contributed by atoms with Crippen LogP contribution in [0.5, 0.6) is 5.75 Å². The van der Waals surface area contributed by atoms with E-state index in [-0.39, 0.29) is 17.2 Å². The van der Waals surface area contributed by atoms with Crippen LogP contribution in [-0.4, -0.2) is 21.4 Å². The minimum atomic E-state index is -0.720. The molecule has 0 saturated heterocycles. The second-order valence-electron chi connectivity index (χ2n) is 7.79. The van der Waals surface area contributed by atoms with E-state index >= 15 is 0 Å². The number of benzene rings is 2. The van der Waals surface area contributed by atoms with E-state index in [0.717, 1.165) is 30.7 Å². The molecule has 1 N–H and O–H groups in total. The number of nitrogens with zero attached hydrogens (tertiary/aromatic N) is 2. The summed E-state index contributed by atoms with van der Waals surface area (Å²) in [5, 5.41) is 2.79. The monoisotopic (exact) mass is 405 g/mol. The summed E-state index contributed by atoms with van der Waals surface area (Å²) >= 11 is 0. The quantitative estimate of drug-likeness (QED) is 0.703. The van der Waals surface area contributed by atoms with E-state index in [1.165, 1.54) is 17.5 Å². The van der Waals surface area contributed by atoms with Crippen LogP contribution in [0.3, 0.4) is 0 Å². The maximum Gasteiger partial charge on any atom is 0.295 e. The lowest BCUT2D eigenvalue weighted by molar-refractivity contribution is -0.122. The topological polar surface area (TPSA) is 65.3 Å². The van der Waals surface area contributed by atoms with Gasteiger partial charge in [-0.1, -0.05) is 30.3 Å². The molecule has 1 heterocycles. The Balaban J connectivity index is 1.56. The summed E-state index contributed by atoms with van der Waals surface area (Å²) in [7, 11) is 1.80. The maximum absolute atomic E-state index is 13.0. The number of amides is 1. The summed E-state index contributed by atoms with van der Waals surface area (Å²) in [4.78, 5) is 25.9. The van der Waals surface area contributed by atoms with E-state index in [1.54, 1.807) is 23.3 Å². The van der Waals surface area contributed by atoms with Crippen molar-refractivity contribution in [2.24, 2.45) is 7.05 Å². The van der Waals surface area contributed by atoms with E-state index in [0.29, 0.717) is 5.69 Å². The van der Waals surface area contributed by atoms with Gasteiger partial charge in [0.1, 0.15) is 11.4 Å². The first kappa shape index (κ1) is 20.0. The van der Waals surface area contributed by atoms with E-state index in [9.17, 15) is 9.59 Å². The SMILES string of the molecule is Cc1c(NC(=O)[C@@H](C)Oc2cccc3c2CCCC3)c(=O)n(-c2ccccc2)n1C. The van der Waals surface area contributed by atoms with Gasteiger partial charge in [-0.05, 0) is 68.9 Å². The largest absolute Gasteiger partial charge is 0.481 e. The van der Waals surface area contributed by atoms with Gasteiger partial charge in [0.2, 0.25) is 0 Å². The molecule has 1 aliphatic carbocycles. The van der Waals surface area contributed by atoms with E-state index in [2.05, 4.69) is 11.4 Å². The number of hydrogen-bond donors (Lipinski definition) is 1. The molecule has 1 amide bonds. The van der Waals surface area contributed by atoms with Crippen molar-refractivity contribution < 1.29 is 9.53 Å². The highest BCUT2D eigenvalue weighted by Gasteiger charge is 2.23. The Morgan fingerprint density at radius 1 is 1.07 bits per heavy atom. The van der Waals surface area contributed by atoms with Crippen molar-refractivity contribution in [3.63, 3.8) is 0 Å². The number of fused-ring (bicyclic) bond motifs is 1. The average Bonchev–Trinajstić information content (AvgIpc) is 2.97. The number of carbonyl (C=O) groups excluding carboxylic acids is 1. The maximum atomic E-state index is 13.0. The first-order chi connectivity index (χ1) is 14.5. The standard InChI is InChI=1S/C24H27N3O3/c1-16-22(24(29)27(26(16)3)19-12-5-4-6-13-19)25-23(28)17(2)30-21-15-9-11-18-10-7-8-14-20(18)21/h4-6,9,11-13,15,17H,7-8,10,14H2,1-3H3,(H,25,28)/t17-/m1/s1. The molecule has 1 aromatic heterocycles. The first-order valence-electron chi connectivity index (χ1n) is 10.4. The molecular formula is C24H27N3O3. The lowest BCUT2D eigenvalue weighted by Crippen LogP contribution is -2.32. The number of hydrogen-bond acceptors (Lipinski definition) is 3. The predicted octanol–water partition coefficient (Wildman–Crippen LogP) is 3.77. The van der Waals surface area contributed by atoms with Gasteiger partial charge >= 0.3 is 0 Å². The number of ether oxygens (including phenoxy) is 1. The molecule has 1 aliphatic rings. The highest BCUT2D eigenvalue weighted by molar-refractivity contribution is 5.94. The molecule has 6 nitrogen and oxygen atoms in total. The zero-order valence-electron chi connectivity index (χ0n) is 17.6. The van der Waals surface area contributed by atoms with Gasteiger partial charge in [-0.3, -0.25) is 14.3 Å². The van der Waals surface area contributed by atoms with Crippen LogP contribution in [0.15, 0.2) is 53.3 Å². The highest BCUT2D eigenvalue weighted by atomic mass is 16.5. The van der Waals surface area contributed by atoms with Crippen LogP contribution in [0, 0.1) is 6.92 Å². The Morgan fingerprint density at radius 3 is 2.57 bits per heavy atom. The molecule has 0 radical (unpaired) electrons. The molecule has 0 spiro atoms. The van der Waals surface area contributed by atoms with Gasteiger partial charge in [0, 0.05) is 7.05 Å². The van der Waals surface area contributed by atoms with Gasteiger partial charge < -0.3 is 10.1 Å². The summed E-state index contributed by atoms with van der Waals surface area (Å²) in [5.74, 6) is 0.427. The second-order valence-corrected chi connectivity index (χ2v) is 7.79. The Hall–Kier alpha value is -3.28. The number of aromatic nitrogens is 2. The van der Waals surface area contributed by atoms with Crippen LogP contribution in [-0.2, 0) is 24.7 Å². The van der Waals surface area contributed by atoms with Gasteiger partial charge in [0.05, 0.1) is 11.4 Å². The number of nitrogens with one attached hydrogen (secondary N) is 1. The Labute approximate surface area is 176 Å². The lowest BCUT2D eigenvalue weighted by atomic mass is 9.91. The minimum Gasteiger partial charge on any atom is -0.481 e. The normalized spacial score (nSPS) is 14.1. The summed E-state index contributed by atoms with van der Waals surface area (Å²) in [6, 6.07) is 15.4. The van der Waals surface area contributed by atoms with Crippen molar-refractivity contribution in [3.8, 4) is 11.4 Å². The molecule has 6 heteroatoms. The average molecular weight is 405 g/mol. The van der Waals surface area contributed by atoms with Crippen LogP contribution in [0.4, 0.5) is 5.69 Å². The number of anilines is 1. The Morgan fingerprint density at radius 2 is 1.80 bits per heavy atom. The van der Waals surface area contributed by atoms with Crippen molar-refractivity contribution in [2.45, 2.75) is 45.6 Å². The summed E-state index contributed by atoms with van der Waals surface area (Å²) in [6.45, 7) is 3.53. The third-order valence-electron chi connectivity index (χ3n) is 5.83. The molecule has 2 aromatic carbocycles. The summed E-state index contributed by atoms with van der Waals surface area (Å²) < 4.78 is 9.31. The molecule has 4 rings (SSSR count). The van der Waals surface area contributed by atoms with Gasteiger partial charge in [-0.25, -0.2) is 4.68 Å². The number of aryl methyl sites for hydroxylation is 1. The fraction of sp³-hybridized carbons (Fsp3) is 0.333. The molecular weight excluding hydrogens is 378 g/mol. The molecule has 1 atom stereocenters. The second kappa shape index (κ2) is 8.22. The Bertz CT molecular complexity index is 1130. The fourth-order valence-electron chi connectivity index (χ4n) is 4.04. The summed E-state index contributed by atoms with van der Waals surface area (Å²) in [6.07, 6.45) is 3.63. The van der Waals surface area contributed by atoms with Crippen molar-refractivity contribution in [1.82, 2.24) is 9.36 Å². The fourth-order valence-corrected chi connectivity index (χ4v) is 4.04. The predicted molar refractivity (Wildman–Crippen MR) is 118 cm³/mol. The smallest absolute Gasteiger partial charge is 0.295 e. The molecule has 156 valence electrons. The molecule has 0 unspecified atom stereocenters. The van der Waals surface area contributed by atoms with Crippen LogP contribution in [0.2, 0.25) is 0 Å². The molecule has 3 aromatic rings. The third-order valence-corrected chi connectivity index (χ3v) is 5.83. The van der Waals surface area contributed by atoms with Crippen LogP contribution < -0.4 is 15.6 Å². The number of rotatable bonds is 5. The van der Waals surface area contributed by atoms with Crippen molar-refractivity contribution in [1.29, 1.82) is 0 Å². The number of carbonyl (C=O) groups is 1. The Kier molecular flexibility index (Phi) is 5.48. The molecule has 0 bridgehead atoms. The highest BCUT2D eigenvalue weighted by Crippen LogP contribution is 2.30. The zero-order valence-corrected chi connectivity index (χ0v) is 17.6. The minimum absolute atomic E-state index is 0.265. The molecule has 0 saturated carbocycles. The van der Waals surface area contributed by atoms with Gasteiger partial charge in [0.15, 0.2) is 6.10 Å². The summed E-state index contributed by atoms with van der Waals surface area (Å²) in [5.41, 5.74) is 3.94. The van der Waals surface area contributed by atoms with Gasteiger partial charge in [0.25, 0.3) is 11.5 Å². The molecule has 30 heavy (non-hydrogen) atoms. The van der Waals surface area contributed by atoms with Crippen molar-refractivity contribution in [3.05, 3.63) is 75.7 Å². The van der Waals surface area contributed by atoms with Crippen LogP contribution >= 0.6 is 0 Å². The molecule has 0 fully saturated rings. The third kappa shape index (κ3) is 3.65. The number of para-hydroxylation sites is 1. The van der Waals surface area contributed by atoms with Crippen molar-refractivity contribution >= 4 is 11.6 Å². The van der Waals surface area contributed by atoms with Crippen LogP contribution in [0.25, 0.3) is 5.69 Å². The zero-order chi connectivity index (χ0) is 21.3. The van der Waals surface area contributed by atoms with E-state index in [1.807, 2.05) is 49.4 Å². The van der Waals surface area contributed by atoms with Gasteiger partial charge in [-0.15, -0.1) is 0 Å². The van der Waals surface area contributed by atoms with E-state index < -0.39 is 6.10 Å². The van der Waals surface area contributed by atoms with Gasteiger partial charge in [-0.2, -0.15) is 0 Å². The van der Waals surface area contributed by atoms with Crippen LogP contribution in [0.1, 0.15) is 36.6 Å². The first-order valence-corrected chi connectivity index (χ1v) is 10.4.